The second kappa shape index (κ2) is 12.7. The summed E-state index contributed by atoms with van der Waals surface area (Å²) in [6.45, 7) is 2.11. The number of esters is 1. The van der Waals surface area contributed by atoms with Crippen LogP contribution in [0.25, 0.3) is 21.9 Å². The van der Waals surface area contributed by atoms with Gasteiger partial charge < -0.3 is 29.6 Å². The van der Waals surface area contributed by atoms with Gasteiger partial charge in [0, 0.05) is 5.39 Å². The highest BCUT2D eigenvalue weighted by Gasteiger charge is 2.55. The number of anilines is 1. The fourth-order valence-corrected chi connectivity index (χ4v) is 7.33. The maximum Gasteiger partial charge on any atom is 0.459 e. The fraction of sp³-hybridized carbons (Fsp3) is 0.467. The number of benzene rings is 2. The third-order valence-electron chi connectivity index (χ3n) is 8.21. The van der Waals surface area contributed by atoms with E-state index in [1.165, 1.54) is 31.9 Å². The number of aromatic nitrogens is 4. The molecule has 1 aliphatic heterocycles. The number of ether oxygens (including phenoxy) is 3. The Balaban J connectivity index is 1.25. The molecule has 6 unspecified atom stereocenters. The number of nitrogen functional groups attached to an aromatic ring is 1. The van der Waals surface area contributed by atoms with E-state index in [1.807, 2.05) is 18.2 Å². The van der Waals surface area contributed by atoms with E-state index in [2.05, 4.69) is 20.0 Å². The molecule has 246 valence electrons. The minimum atomic E-state index is -4.41. The van der Waals surface area contributed by atoms with Gasteiger partial charge in [-0.2, -0.15) is 15.1 Å². The van der Waals surface area contributed by atoms with Crippen molar-refractivity contribution in [3.63, 3.8) is 0 Å². The molecule has 1 saturated carbocycles. The van der Waals surface area contributed by atoms with Crippen LogP contribution in [0.3, 0.4) is 0 Å². The third kappa shape index (κ3) is 6.25. The molecule has 46 heavy (non-hydrogen) atoms. The van der Waals surface area contributed by atoms with Crippen molar-refractivity contribution in [1.29, 1.82) is 0 Å². The smallest absolute Gasteiger partial charge is 0.459 e. The molecule has 0 amide bonds. The lowest BCUT2D eigenvalue weighted by molar-refractivity contribution is -0.150. The van der Waals surface area contributed by atoms with Gasteiger partial charge in [0.1, 0.15) is 29.6 Å². The predicted molar refractivity (Wildman–Crippen MR) is 165 cm³/mol. The van der Waals surface area contributed by atoms with Crippen LogP contribution in [0, 0.1) is 0 Å². The van der Waals surface area contributed by atoms with Crippen molar-refractivity contribution in [3.8, 4) is 11.6 Å². The van der Waals surface area contributed by atoms with Gasteiger partial charge in [0.05, 0.1) is 20.0 Å². The molecule has 6 atom stereocenters. The number of nitrogens with zero attached hydrogens (tertiary/aromatic N) is 4. The summed E-state index contributed by atoms with van der Waals surface area (Å²) in [6, 6.07) is 11.4. The molecule has 2 fully saturated rings. The zero-order chi connectivity index (χ0) is 32.6. The van der Waals surface area contributed by atoms with E-state index in [0.717, 1.165) is 31.1 Å². The van der Waals surface area contributed by atoms with Crippen molar-refractivity contribution in [2.24, 2.45) is 0 Å². The van der Waals surface area contributed by atoms with Gasteiger partial charge in [0.15, 0.2) is 23.6 Å². The average Bonchev–Trinajstić information content (AvgIpc) is 3.75. The van der Waals surface area contributed by atoms with Crippen LogP contribution in [0.2, 0.25) is 0 Å². The first kappa shape index (κ1) is 32.1. The van der Waals surface area contributed by atoms with E-state index >= 15 is 4.39 Å². The van der Waals surface area contributed by atoms with Gasteiger partial charge >= 0.3 is 13.7 Å². The molecule has 6 rings (SSSR count). The number of methoxy groups -OCH3 is 1. The number of nitrogens with one attached hydrogen (secondary N) is 1. The van der Waals surface area contributed by atoms with Crippen LogP contribution < -0.4 is 20.1 Å². The topological polar surface area (TPSA) is 182 Å². The number of aliphatic hydroxyl groups is 1. The Hall–Kier alpha value is -3.88. The van der Waals surface area contributed by atoms with Crippen LogP contribution in [0.15, 0.2) is 48.8 Å². The Morgan fingerprint density at radius 2 is 1.98 bits per heavy atom. The van der Waals surface area contributed by atoms with Crippen LogP contribution in [0.1, 0.15) is 45.8 Å². The molecule has 1 saturated heterocycles. The van der Waals surface area contributed by atoms with Gasteiger partial charge in [-0.25, -0.2) is 13.9 Å². The molecule has 1 aliphatic carbocycles. The lowest BCUT2D eigenvalue weighted by Gasteiger charge is -2.26. The number of rotatable bonds is 11. The van der Waals surface area contributed by atoms with Gasteiger partial charge in [-0.05, 0) is 51.0 Å². The van der Waals surface area contributed by atoms with E-state index in [1.54, 1.807) is 24.3 Å². The van der Waals surface area contributed by atoms with Crippen LogP contribution >= 0.6 is 7.75 Å². The summed E-state index contributed by atoms with van der Waals surface area (Å²) in [5.41, 5.74) is 4.08. The molecule has 14 nitrogen and oxygen atoms in total. The molecule has 2 aromatic heterocycles. The number of carbonyl (C=O) groups is 1. The van der Waals surface area contributed by atoms with E-state index in [0.29, 0.717) is 5.39 Å². The van der Waals surface area contributed by atoms with Crippen LogP contribution in [0.4, 0.5) is 10.3 Å². The Kier molecular flexibility index (Phi) is 8.87. The first-order chi connectivity index (χ1) is 22.0. The van der Waals surface area contributed by atoms with E-state index in [4.69, 9.17) is 29.0 Å². The highest BCUT2D eigenvalue weighted by Crippen LogP contribution is 2.49. The molecule has 4 N–H and O–H groups in total. The molecule has 0 radical (unpaired) electrons. The highest BCUT2D eigenvalue weighted by atomic mass is 31.2. The van der Waals surface area contributed by atoms with E-state index in [-0.39, 0.29) is 34.8 Å². The maximum absolute atomic E-state index is 15.9. The van der Waals surface area contributed by atoms with Crippen LogP contribution in [-0.2, 0) is 23.4 Å². The Morgan fingerprint density at radius 3 is 2.74 bits per heavy atom. The van der Waals surface area contributed by atoms with Crippen molar-refractivity contribution < 1.29 is 42.1 Å². The molecule has 16 heteroatoms. The molecular weight excluding hydrogens is 622 g/mol. The van der Waals surface area contributed by atoms with Crippen molar-refractivity contribution in [2.75, 3.05) is 19.5 Å². The predicted octanol–water partition coefficient (Wildman–Crippen LogP) is 4.22. The van der Waals surface area contributed by atoms with E-state index in [9.17, 15) is 14.5 Å². The second-order valence-corrected chi connectivity index (χ2v) is 13.3. The lowest BCUT2D eigenvalue weighted by atomic mass is 9.98. The third-order valence-corrected chi connectivity index (χ3v) is 9.84. The number of fused-ring (bicyclic) bond motifs is 2. The number of alkyl halides is 1. The molecular formula is C30H36FN6O8P. The SMILES string of the molecule is COc1nc(N)nc2c1ncn2C1OC(COP(=O)(NC(C)C(=O)OC2CCCC2)Oc2cccc3ccccc23)C(F)C1(C)O. The quantitative estimate of drug-likeness (QED) is 0.154. The summed E-state index contributed by atoms with van der Waals surface area (Å²) < 4.78 is 60.0. The Bertz CT molecular complexity index is 1780. The van der Waals surface area contributed by atoms with Crippen molar-refractivity contribution in [3.05, 3.63) is 48.8 Å². The van der Waals surface area contributed by atoms with Crippen LogP contribution in [0.5, 0.6) is 11.6 Å². The number of hydrogen-bond donors (Lipinski definition) is 3. The number of nitrogens with two attached hydrogens (primary N) is 1. The largest absolute Gasteiger partial charge is 0.479 e. The van der Waals surface area contributed by atoms with E-state index < -0.39 is 50.5 Å². The normalized spacial score (nSPS) is 25.5. The van der Waals surface area contributed by atoms with Crippen molar-refractivity contribution >= 4 is 41.6 Å². The molecule has 4 aromatic rings. The standard InChI is InChI=1S/C30H36FN6O8P/c1-17(27(38)43-19-11-5-6-12-19)36-46(40,45-21-14-8-10-18-9-4-7-13-20(18)21)42-15-22-24(31)30(2,39)28(44-22)37-16-33-23-25(37)34-29(32)35-26(23)41-3/h4,7-10,13-14,16-17,19,22,24,28,39H,5-6,11-12,15H2,1-3H3,(H,36,40)(H2,32,34,35). The average molecular weight is 659 g/mol. The molecule has 2 aromatic carbocycles. The van der Waals surface area contributed by atoms with Crippen molar-refractivity contribution in [2.45, 2.75) is 75.8 Å². The van der Waals surface area contributed by atoms with Gasteiger partial charge in [0.25, 0.3) is 0 Å². The highest BCUT2D eigenvalue weighted by molar-refractivity contribution is 7.52. The molecule has 3 heterocycles. The Labute approximate surface area is 263 Å². The second-order valence-electron chi connectivity index (χ2n) is 11.6. The first-order valence-corrected chi connectivity index (χ1v) is 16.5. The first-order valence-electron chi connectivity index (χ1n) is 15.0. The summed E-state index contributed by atoms with van der Waals surface area (Å²) >= 11 is 0. The number of hydrogen-bond acceptors (Lipinski definition) is 12. The number of halogens is 1. The minimum Gasteiger partial charge on any atom is -0.479 e. The number of carbonyl (C=O) groups excluding carboxylic acids is 1. The Morgan fingerprint density at radius 1 is 1.24 bits per heavy atom. The zero-order valence-electron chi connectivity index (χ0n) is 25.5. The van der Waals surface area contributed by atoms with Gasteiger partial charge in [-0.3, -0.25) is 13.9 Å². The summed E-state index contributed by atoms with van der Waals surface area (Å²) in [6.07, 6.45) is -0.262. The number of imidazole rings is 1. The van der Waals surface area contributed by atoms with Gasteiger partial charge in [-0.1, -0.05) is 36.4 Å². The zero-order valence-corrected chi connectivity index (χ0v) is 26.4. The monoisotopic (exact) mass is 658 g/mol. The lowest BCUT2D eigenvalue weighted by Crippen LogP contribution is -2.42. The van der Waals surface area contributed by atoms with Gasteiger partial charge in [0.2, 0.25) is 11.8 Å². The summed E-state index contributed by atoms with van der Waals surface area (Å²) in [4.78, 5) is 25.3. The van der Waals surface area contributed by atoms with Crippen LogP contribution in [-0.4, -0.2) is 74.3 Å². The fourth-order valence-electron chi connectivity index (χ4n) is 5.81. The maximum atomic E-state index is 15.9. The summed E-state index contributed by atoms with van der Waals surface area (Å²) in [5, 5.41) is 15.4. The summed E-state index contributed by atoms with van der Waals surface area (Å²) in [7, 11) is -3.02. The summed E-state index contributed by atoms with van der Waals surface area (Å²) in [5.74, 6) is -0.438. The van der Waals surface area contributed by atoms with Crippen molar-refractivity contribution in [1.82, 2.24) is 24.6 Å². The molecule has 2 aliphatic rings. The van der Waals surface area contributed by atoms with Gasteiger partial charge in [-0.15, -0.1) is 0 Å². The minimum absolute atomic E-state index is 0.0914. The molecule has 0 spiro atoms. The molecule has 0 bridgehead atoms.